The van der Waals surface area contributed by atoms with Crippen molar-refractivity contribution in [3.05, 3.63) is 53.3 Å². The van der Waals surface area contributed by atoms with E-state index in [2.05, 4.69) is 20.0 Å². The highest BCUT2D eigenvalue weighted by Gasteiger charge is 2.24. The number of oxime groups is 1. The van der Waals surface area contributed by atoms with Gasteiger partial charge in [0.15, 0.2) is 0 Å². The third-order valence-corrected chi connectivity index (χ3v) is 6.05. The molecule has 0 spiro atoms. The Morgan fingerprint density at radius 3 is 2.30 bits per heavy atom. The highest BCUT2D eigenvalue weighted by Crippen LogP contribution is 2.32. The molecule has 1 saturated heterocycles. The number of amides is 1. The zero-order valence-corrected chi connectivity index (χ0v) is 17.5. The van der Waals surface area contributed by atoms with E-state index in [9.17, 15) is 4.79 Å². The van der Waals surface area contributed by atoms with Crippen molar-refractivity contribution in [2.24, 2.45) is 10.9 Å². The van der Waals surface area contributed by atoms with Gasteiger partial charge >= 0.3 is 0 Å². The maximum absolute atomic E-state index is 11.2. The summed E-state index contributed by atoms with van der Waals surface area (Å²) in [6, 6.07) is 7.68. The fourth-order valence-corrected chi connectivity index (χ4v) is 4.15. The molecule has 1 saturated carbocycles. The maximum Gasteiger partial charge on any atom is 0.248 e. The van der Waals surface area contributed by atoms with Gasteiger partial charge in [0.05, 0.1) is 5.71 Å². The number of primary amides is 1. The molecule has 2 heterocycles. The first-order valence-corrected chi connectivity index (χ1v) is 10.7. The molecule has 0 atom stereocenters. The van der Waals surface area contributed by atoms with Crippen LogP contribution in [0, 0.1) is 6.92 Å². The van der Waals surface area contributed by atoms with Crippen LogP contribution in [0.3, 0.4) is 0 Å². The van der Waals surface area contributed by atoms with Crippen molar-refractivity contribution in [1.29, 1.82) is 0 Å². The van der Waals surface area contributed by atoms with Gasteiger partial charge in [-0.1, -0.05) is 17.3 Å². The summed E-state index contributed by atoms with van der Waals surface area (Å²) in [7, 11) is 0. The van der Waals surface area contributed by atoms with Crippen molar-refractivity contribution >= 4 is 17.6 Å². The number of hydrogen-bond acceptors (Lipinski definition) is 6. The molecule has 158 valence electrons. The number of anilines is 1. The van der Waals surface area contributed by atoms with Crippen LogP contribution in [-0.2, 0) is 4.84 Å². The Bertz CT molecular complexity index is 877. The average Bonchev–Trinajstić information content (AvgIpc) is 2.79. The van der Waals surface area contributed by atoms with E-state index in [1.54, 1.807) is 0 Å². The van der Waals surface area contributed by atoms with Crippen molar-refractivity contribution in [2.75, 3.05) is 18.0 Å². The molecule has 2 N–H and O–H groups in total. The Kier molecular flexibility index (Phi) is 6.26. The lowest BCUT2D eigenvalue weighted by Gasteiger charge is -2.31. The fourth-order valence-electron chi connectivity index (χ4n) is 4.15. The average molecular weight is 408 g/mol. The largest absolute Gasteiger partial charge is 0.392 e. The van der Waals surface area contributed by atoms with Gasteiger partial charge in [0.25, 0.3) is 0 Å². The van der Waals surface area contributed by atoms with Gasteiger partial charge in [-0.3, -0.25) is 4.79 Å². The van der Waals surface area contributed by atoms with Crippen LogP contribution in [0.25, 0.3) is 0 Å². The van der Waals surface area contributed by atoms with Crippen molar-refractivity contribution in [3.8, 4) is 0 Å². The molecule has 30 heavy (non-hydrogen) atoms. The highest BCUT2D eigenvalue weighted by molar-refractivity contribution is 5.92. The van der Waals surface area contributed by atoms with Crippen LogP contribution < -0.4 is 10.6 Å². The van der Waals surface area contributed by atoms with E-state index >= 15 is 0 Å². The molecular weight excluding hydrogens is 378 g/mol. The molecule has 1 aromatic carbocycles. The van der Waals surface area contributed by atoms with Crippen LogP contribution in [0.2, 0.25) is 0 Å². The van der Waals surface area contributed by atoms with Crippen LogP contribution in [0.4, 0.5) is 5.95 Å². The Hall–Kier alpha value is -2.96. The summed E-state index contributed by atoms with van der Waals surface area (Å²) >= 11 is 0. The van der Waals surface area contributed by atoms with Gasteiger partial charge in [0.1, 0.15) is 6.10 Å². The van der Waals surface area contributed by atoms with E-state index in [0.29, 0.717) is 11.5 Å². The molecule has 1 amide bonds. The molecule has 7 nitrogen and oxygen atoms in total. The molecule has 1 aliphatic carbocycles. The summed E-state index contributed by atoms with van der Waals surface area (Å²) in [5, 5.41) is 4.49. The number of aryl methyl sites for hydroxylation is 1. The molecule has 2 aliphatic rings. The first-order chi connectivity index (χ1) is 14.6. The van der Waals surface area contributed by atoms with Crippen molar-refractivity contribution in [3.63, 3.8) is 0 Å². The molecule has 7 heteroatoms. The molecule has 4 rings (SSSR count). The summed E-state index contributed by atoms with van der Waals surface area (Å²) < 4.78 is 0. The third kappa shape index (κ3) is 4.96. The Labute approximate surface area is 177 Å². The Morgan fingerprint density at radius 2 is 1.70 bits per heavy atom. The SMILES string of the molecule is Cc1cnc(N2CCC(ON=C3CCC(c4ccc(C(N)=O)cc4)CC3)CC2)nc1. The molecular formula is C23H29N5O2. The van der Waals surface area contributed by atoms with Crippen LogP contribution in [-0.4, -0.2) is 40.8 Å². The fraction of sp³-hybridized carbons (Fsp3) is 0.478. The molecule has 1 aliphatic heterocycles. The van der Waals surface area contributed by atoms with Crippen molar-refractivity contribution < 1.29 is 9.63 Å². The number of rotatable bonds is 5. The third-order valence-electron chi connectivity index (χ3n) is 6.05. The van der Waals surface area contributed by atoms with Crippen LogP contribution in [0.5, 0.6) is 0 Å². The van der Waals surface area contributed by atoms with Crippen molar-refractivity contribution in [1.82, 2.24) is 9.97 Å². The highest BCUT2D eigenvalue weighted by atomic mass is 16.6. The lowest BCUT2D eigenvalue weighted by molar-refractivity contribution is 0.0406. The number of nitrogens with two attached hydrogens (primary N) is 1. The second-order valence-electron chi connectivity index (χ2n) is 8.27. The van der Waals surface area contributed by atoms with Gasteiger partial charge in [0, 0.05) is 43.9 Å². The van der Waals surface area contributed by atoms with Crippen LogP contribution in [0.1, 0.15) is 65.9 Å². The second kappa shape index (κ2) is 9.24. The molecule has 1 aromatic heterocycles. The second-order valence-corrected chi connectivity index (χ2v) is 8.27. The number of nitrogens with zero attached hydrogens (tertiary/aromatic N) is 4. The monoisotopic (exact) mass is 407 g/mol. The number of carbonyl (C=O) groups excluding carboxylic acids is 1. The van der Waals surface area contributed by atoms with E-state index in [-0.39, 0.29) is 12.0 Å². The Morgan fingerprint density at radius 1 is 1.07 bits per heavy atom. The van der Waals surface area contributed by atoms with Crippen LogP contribution >= 0.6 is 0 Å². The van der Waals surface area contributed by atoms with E-state index in [1.165, 1.54) is 5.56 Å². The zero-order chi connectivity index (χ0) is 20.9. The molecule has 0 radical (unpaired) electrons. The smallest absolute Gasteiger partial charge is 0.248 e. The normalized spacial score (nSPS) is 20.1. The summed E-state index contributed by atoms with van der Waals surface area (Å²) in [5.74, 6) is 0.921. The predicted octanol–water partition coefficient (Wildman–Crippen LogP) is 3.58. The minimum Gasteiger partial charge on any atom is -0.392 e. The van der Waals surface area contributed by atoms with Gasteiger partial charge < -0.3 is 15.5 Å². The number of piperidine rings is 1. The summed E-state index contributed by atoms with van der Waals surface area (Å²) in [5.41, 5.74) is 9.38. The minimum atomic E-state index is -0.381. The number of benzene rings is 1. The van der Waals surface area contributed by atoms with E-state index in [0.717, 1.165) is 68.8 Å². The van der Waals surface area contributed by atoms with E-state index in [1.807, 2.05) is 43.6 Å². The Balaban J connectivity index is 1.22. The first-order valence-electron chi connectivity index (χ1n) is 10.7. The summed E-state index contributed by atoms with van der Waals surface area (Å²) in [6.45, 7) is 3.78. The van der Waals surface area contributed by atoms with Gasteiger partial charge in [0.2, 0.25) is 11.9 Å². The van der Waals surface area contributed by atoms with Crippen molar-refractivity contribution in [2.45, 2.75) is 57.5 Å². The zero-order valence-electron chi connectivity index (χ0n) is 17.5. The van der Waals surface area contributed by atoms with E-state index < -0.39 is 0 Å². The van der Waals surface area contributed by atoms with Gasteiger partial charge in [-0.15, -0.1) is 0 Å². The molecule has 0 unspecified atom stereocenters. The molecule has 2 aromatic rings. The first kappa shape index (κ1) is 20.3. The van der Waals surface area contributed by atoms with E-state index in [4.69, 9.17) is 10.6 Å². The summed E-state index contributed by atoms with van der Waals surface area (Å²) in [4.78, 5) is 28.1. The van der Waals surface area contributed by atoms with Gasteiger partial charge in [-0.05, 0) is 61.8 Å². The summed E-state index contributed by atoms with van der Waals surface area (Å²) in [6.07, 6.45) is 9.78. The van der Waals surface area contributed by atoms with Crippen LogP contribution in [0.15, 0.2) is 41.8 Å². The molecule has 2 fully saturated rings. The minimum absolute atomic E-state index is 0.165. The standard InChI is InChI=1S/C23H29N5O2/c1-16-14-25-23(26-15-16)28-12-10-21(11-13-28)30-27-20-8-6-18(7-9-20)17-2-4-19(5-3-17)22(24)29/h2-5,14-15,18,21H,6-13H2,1H3,(H2,24,29). The topological polar surface area (TPSA) is 93.7 Å². The van der Waals surface area contributed by atoms with Gasteiger partial charge in [-0.2, -0.15) is 0 Å². The molecule has 0 bridgehead atoms. The lowest BCUT2D eigenvalue weighted by atomic mass is 9.83. The van der Waals surface area contributed by atoms with Gasteiger partial charge in [-0.25, -0.2) is 9.97 Å². The number of hydrogen-bond donors (Lipinski definition) is 1. The quantitative estimate of drug-likeness (QED) is 0.765. The lowest BCUT2D eigenvalue weighted by Crippen LogP contribution is -2.37. The number of aromatic nitrogens is 2. The maximum atomic E-state index is 11.2. The number of carbonyl (C=O) groups is 1. The predicted molar refractivity (Wildman–Crippen MR) is 117 cm³/mol.